The smallest absolute Gasteiger partial charge is 0.261 e. The van der Waals surface area contributed by atoms with Gasteiger partial charge in [-0.25, -0.2) is 18.4 Å². The van der Waals surface area contributed by atoms with E-state index in [1.54, 1.807) is 29.5 Å². The number of carbonyl (C=O) groups excluding carboxylic acids is 1. The summed E-state index contributed by atoms with van der Waals surface area (Å²) in [6, 6.07) is 1.18. The summed E-state index contributed by atoms with van der Waals surface area (Å²) in [5, 5.41) is 9.75. The average Bonchev–Trinajstić information content (AvgIpc) is 3.27. The van der Waals surface area contributed by atoms with Crippen LogP contribution in [0.5, 0.6) is 5.88 Å². The number of carbonyl (C=O) groups is 1. The lowest BCUT2D eigenvalue weighted by molar-refractivity contribution is 0.0373. The fraction of sp³-hybridized carbons (Fsp3) is 0.542. The largest absolute Gasteiger partial charge is 0.472 e. The van der Waals surface area contributed by atoms with Crippen LogP contribution >= 0.6 is 0 Å². The fourth-order valence-electron chi connectivity index (χ4n) is 3.72. The Balaban J connectivity index is 1.97. The molecule has 12 heteroatoms. The normalized spacial score (nSPS) is 19.2. The number of amides is 1. The highest BCUT2D eigenvalue weighted by Gasteiger charge is 2.36. The van der Waals surface area contributed by atoms with E-state index in [4.69, 9.17) is 4.74 Å². The van der Waals surface area contributed by atoms with Crippen LogP contribution in [0.15, 0.2) is 29.8 Å². The van der Waals surface area contributed by atoms with Gasteiger partial charge in [-0.3, -0.25) is 9.69 Å². The highest BCUT2D eigenvalue weighted by atomic mass is 32.2. The molecule has 0 saturated carbocycles. The maximum atomic E-state index is 13.5. The number of aliphatic hydroxyl groups excluding tert-OH is 1. The summed E-state index contributed by atoms with van der Waals surface area (Å²) in [5.74, 6) is 5.54. The molecule has 0 aliphatic carbocycles. The second kappa shape index (κ2) is 11.4. The van der Waals surface area contributed by atoms with Crippen molar-refractivity contribution in [3.63, 3.8) is 0 Å². The van der Waals surface area contributed by atoms with Gasteiger partial charge < -0.3 is 19.3 Å². The minimum absolute atomic E-state index is 0.0150. The zero-order chi connectivity index (χ0) is 26.6. The first-order chi connectivity index (χ1) is 16.9. The fourth-order valence-corrected chi connectivity index (χ4v) is 4.86. The van der Waals surface area contributed by atoms with E-state index in [0.717, 1.165) is 0 Å². The zero-order valence-electron chi connectivity index (χ0n) is 21.5. The lowest BCUT2D eigenvalue weighted by atomic mass is 10.0. The molecule has 3 heterocycles. The average molecular weight is 519 g/mol. The lowest BCUT2D eigenvalue weighted by Crippen LogP contribution is -2.50. The van der Waals surface area contributed by atoms with E-state index in [1.165, 1.54) is 30.1 Å². The monoisotopic (exact) mass is 518 g/mol. The van der Waals surface area contributed by atoms with Crippen LogP contribution in [0, 0.1) is 17.8 Å². The predicted octanol–water partition coefficient (Wildman–Crippen LogP) is 0.269. The Labute approximate surface area is 212 Å². The summed E-state index contributed by atoms with van der Waals surface area (Å²) in [7, 11) is 3.13. The number of aryl methyl sites for hydroxylation is 1. The summed E-state index contributed by atoms with van der Waals surface area (Å²) in [5.41, 5.74) is 0.781. The van der Waals surface area contributed by atoms with Crippen molar-refractivity contribution in [1.29, 1.82) is 0 Å². The van der Waals surface area contributed by atoms with Crippen LogP contribution in [0.25, 0.3) is 0 Å². The van der Waals surface area contributed by atoms with Gasteiger partial charge in [-0.15, -0.1) is 0 Å². The number of sulfonamides is 1. The number of fused-ring (bicyclic) bond motifs is 1. The van der Waals surface area contributed by atoms with Gasteiger partial charge in [0.2, 0.25) is 5.88 Å². The summed E-state index contributed by atoms with van der Waals surface area (Å²) in [6.45, 7) is 4.24. The second-order valence-electron chi connectivity index (χ2n) is 9.40. The Hall–Kier alpha value is -2.98. The van der Waals surface area contributed by atoms with E-state index in [2.05, 4.69) is 21.8 Å². The third-order valence-electron chi connectivity index (χ3n) is 5.94. The van der Waals surface area contributed by atoms with E-state index in [1.807, 2.05) is 25.9 Å². The van der Waals surface area contributed by atoms with Crippen LogP contribution in [0.2, 0.25) is 0 Å². The quantitative estimate of drug-likeness (QED) is 0.519. The Morgan fingerprint density at radius 3 is 2.64 bits per heavy atom. The second-order valence-corrected chi connectivity index (χ2v) is 11.4. The summed E-state index contributed by atoms with van der Waals surface area (Å²) >= 11 is 0. The van der Waals surface area contributed by atoms with E-state index in [9.17, 15) is 18.3 Å². The van der Waals surface area contributed by atoms with Crippen molar-refractivity contribution >= 4 is 15.9 Å². The third-order valence-corrected chi connectivity index (χ3v) is 7.65. The van der Waals surface area contributed by atoms with Crippen LogP contribution in [-0.4, -0.2) is 108 Å². The number of hydrogen-bond acceptors (Lipinski definition) is 8. The highest BCUT2D eigenvalue weighted by Crippen LogP contribution is 2.28. The first-order valence-corrected chi connectivity index (χ1v) is 13.0. The molecule has 0 saturated heterocycles. The Kier molecular flexibility index (Phi) is 8.73. The van der Waals surface area contributed by atoms with Crippen molar-refractivity contribution in [2.45, 2.75) is 31.0 Å². The molecule has 11 nitrogen and oxygen atoms in total. The minimum Gasteiger partial charge on any atom is -0.472 e. The van der Waals surface area contributed by atoms with Crippen LogP contribution < -0.4 is 4.74 Å². The van der Waals surface area contributed by atoms with Gasteiger partial charge in [0, 0.05) is 44.5 Å². The molecule has 2 aromatic rings. The van der Waals surface area contributed by atoms with Crippen molar-refractivity contribution in [1.82, 2.24) is 28.6 Å². The Morgan fingerprint density at radius 2 is 2.03 bits per heavy atom. The lowest BCUT2D eigenvalue weighted by Gasteiger charge is -2.37. The van der Waals surface area contributed by atoms with Crippen LogP contribution in [-0.2, 0) is 17.1 Å². The Morgan fingerprint density at radius 1 is 1.31 bits per heavy atom. The van der Waals surface area contributed by atoms with Gasteiger partial charge in [-0.2, -0.15) is 4.31 Å². The van der Waals surface area contributed by atoms with Gasteiger partial charge in [0.15, 0.2) is 5.03 Å². The van der Waals surface area contributed by atoms with E-state index >= 15 is 0 Å². The molecular weight excluding hydrogens is 484 g/mol. The number of aliphatic hydroxyl groups is 1. The molecule has 3 rings (SSSR count). The first kappa shape index (κ1) is 27.6. The van der Waals surface area contributed by atoms with Crippen LogP contribution in [0.4, 0.5) is 0 Å². The van der Waals surface area contributed by atoms with Gasteiger partial charge in [0.25, 0.3) is 15.9 Å². The molecule has 0 radical (unpaired) electrons. The van der Waals surface area contributed by atoms with Crippen LogP contribution in [0.1, 0.15) is 29.8 Å². The van der Waals surface area contributed by atoms with Crippen LogP contribution in [0.3, 0.4) is 0 Å². The molecule has 0 aromatic carbocycles. The maximum Gasteiger partial charge on any atom is 0.261 e. The van der Waals surface area contributed by atoms with Crippen molar-refractivity contribution in [3.05, 3.63) is 35.9 Å². The van der Waals surface area contributed by atoms with Crippen molar-refractivity contribution in [2.24, 2.45) is 13.0 Å². The number of rotatable bonds is 7. The minimum atomic E-state index is -3.85. The molecule has 1 N–H and O–H groups in total. The number of ether oxygens (including phenoxy) is 1. The summed E-state index contributed by atoms with van der Waals surface area (Å²) < 4.78 is 35.0. The molecule has 1 aliphatic rings. The first-order valence-electron chi connectivity index (χ1n) is 11.6. The van der Waals surface area contributed by atoms with Gasteiger partial charge in [-0.1, -0.05) is 18.8 Å². The molecule has 36 heavy (non-hydrogen) atoms. The SMILES string of the molecule is C[C@@H]1CN([C@@H](C)CO)C(=O)c2cc(C#CCN(C)C)cnc2O[C@@H]1CN(C)S(=O)(=O)c1cn(C)cn1. The molecule has 196 valence electrons. The molecule has 0 fully saturated rings. The van der Waals surface area contributed by atoms with E-state index < -0.39 is 22.2 Å². The number of imidazole rings is 1. The molecule has 0 unspecified atom stereocenters. The van der Waals surface area contributed by atoms with Crippen molar-refractivity contribution in [2.75, 3.05) is 47.4 Å². The molecule has 0 spiro atoms. The number of aromatic nitrogens is 3. The molecule has 3 atom stereocenters. The van der Waals surface area contributed by atoms with Gasteiger partial charge >= 0.3 is 0 Å². The van der Waals surface area contributed by atoms with Crippen molar-refractivity contribution < 1.29 is 23.1 Å². The number of pyridine rings is 1. The van der Waals surface area contributed by atoms with Gasteiger partial charge in [0.05, 0.1) is 32.1 Å². The molecular formula is C24H34N6O5S. The molecule has 2 aromatic heterocycles. The number of nitrogens with zero attached hydrogens (tertiary/aromatic N) is 6. The topological polar surface area (TPSA) is 121 Å². The van der Waals surface area contributed by atoms with Gasteiger partial charge in [0.1, 0.15) is 11.7 Å². The summed E-state index contributed by atoms with van der Waals surface area (Å²) in [4.78, 5) is 25.3. The Bertz CT molecular complexity index is 1250. The highest BCUT2D eigenvalue weighted by molar-refractivity contribution is 7.89. The predicted molar refractivity (Wildman–Crippen MR) is 134 cm³/mol. The van der Waals surface area contributed by atoms with E-state index in [-0.39, 0.29) is 48.0 Å². The summed E-state index contributed by atoms with van der Waals surface area (Å²) in [6.07, 6.45) is 3.78. The number of hydrogen-bond donors (Lipinski definition) is 1. The molecule has 0 bridgehead atoms. The maximum absolute atomic E-state index is 13.5. The standard InChI is InChI=1S/C24H34N6O5S/c1-17-12-30(18(2)15-31)24(32)20-10-19(8-7-9-27(3)4)11-25-23(20)35-21(17)13-29(6)36(33,34)22-14-28(5)16-26-22/h10-11,14,16-18,21,31H,9,12-13,15H2,1-6H3/t17-,18+,21-/m1/s1. The zero-order valence-corrected chi connectivity index (χ0v) is 22.4. The van der Waals surface area contributed by atoms with E-state index in [0.29, 0.717) is 12.1 Å². The third kappa shape index (κ3) is 6.22. The molecule has 1 amide bonds. The van der Waals surface area contributed by atoms with Crippen molar-refractivity contribution in [3.8, 4) is 17.7 Å². The molecule has 1 aliphatic heterocycles. The van der Waals surface area contributed by atoms with Gasteiger partial charge in [-0.05, 0) is 27.1 Å². The number of likely N-dealkylation sites (N-methyl/N-ethyl adjacent to an activating group) is 1.